The summed E-state index contributed by atoms with van der Waals surface area (Å²) in [6.07, 6.45) is 3.65. The van der Waals surface area contributed by atoms with Gasteiger partial charge in [0.05, 0.1) is 5.54 Å². The minimum atomic E-state index is -1.17. The smallest absolute Gasteiger partial charge is 0.356 e. The number of carboxylic acids is 1. The van der Waals surface area contributed by atoms with Crippen LogP contribution in [0.2, 0.25) is 0 Å². The Labute approximate surface area is 103 Å². The molecule has 92 valence electrons. The van der Waals surface area contributed by atoms with Crippen molar-refractivity contribution in [2.75, 3.05) is 0 Å². The van der Waals surface area contributed by atoms with Crippen molar-refractivity contribution in [1.82, 2.24) is 4.98 Å². The van der Waals surface area contributed by atoms with Crippen LogP contribution >= 0.6 is 11.3 Å². The first kappa shape index (κ1) is 12.2. The molecule has 0 radical (unpaired) electrons. The molecule has 0 aliphatic heterocycles. The number of hydrogen-bond donors (Lipinski definition) is 2. The van der Waals surface area contributed by atoms with Gasteiger partial charge in [0.25, 0.3) is 0 Å². The molecule has 0 spiro atoms. The number of aromatic carboxylic acids is 1. The van der Waals surface area contributed by atoms with Gasteiger partial charge in [-0.05, 0) is 12.8 Å². The lowest BCUT2D eigenvalue weighted by molar-refractivity contribution is 0.0686. The Balaban J connectivity index is 2.47. The second-order valence-corrected chi connectivity index (χ2v) is 5.42. The van der Waals surface area contributed by atoms with Crippen LogP contribution in [0.4, 0.5) is 0 Å². The van der Waals surface area contributed by atoms with Crippen molar-refractivity contribution in [2.45, 2.75) is 38.1 Å². The van der Waals surface area contributed by atoms with Crippen molar-refractivity contribution in [3.63, 3.8) is 0 Å². The maximum absolute atomic E-state index is 11.4. The van der Waals surface area contributed by atoms with Crippen molar-refractivity contribution >= 4 is 23.1 Å². The molecule has 0 atom stereocenters. The summed E-state index contributed by atoms with van der Waals surface area (Å²) in [5.74, 6) is -1.44. The van der Waals surface area contributed by atoms with E-state index in [1.807, 2.05) is 0 Å². The first-order chi connectivity index (χ1) is 7.94. The van der Waals surface area contributed by atoms with Crippen LogP contribution < -0.4 is 5.73 Å². The fourth-order valence-electron chi connectivity index (χ4n) is 2.14. The van der Waals surface area contributed by atoms with Crippen molar-refractivity contribution in [3.05, 3.63) is 15.6 Å². The lowest BCUT2D eigenvalue weighted by atomic mass is 10.0. The van der Waals surface area contributed by atoms with Crippen LogP contribution in [0.3, 0.4) is 0 Å². The average Bonchev–Trinajstić information content (AvgIpc) is 2.83. The molecule has 0 aromatic carbocycles. The number of nitrogens with two attached hydrogens (primary N) is 1. The number of aromatic nitrogens is 1. The van der Waals surface area contributed by atoms with Gasteiger partial charge in [0.15, 0.2) is 11.5 Å². The number of carboxylic acid groups (broad SMARTS) is 1. The highest BCUT2D eigenvalue weighted by Gasteiger charge is 2.36. The van der Waals surface area contributed by atoms with E-state index < -0.39 is 11.5 Å². The van der Waals surface area contributed by atoms with E-state index in [0.717, 1.165) is 37.0 Å². The van der Waals surface area contributed by atoms with Gasteiger partial charge in [-0.1, -0.05) is 12.8 Å². The second-order valence-electron chi connectivity index (χ2n) is 4.42. The number of hydrogen-bond acceptors (Lipinski definition) is 5. The molecule has 6 heteroatoms. The molecular formula is C11H14N2O3S. The monoisotopic (exact) mass is 254 g/mol. The summed E-state index contributed by atoms with van der Waals surface area (Å²) in [5.41, 5.74) is 5.51. The van der Waals surface area contributed by atoms with Crippen LogP contribution in [0, 0.1) is 0 Å². The molecular weight excluding hydrogens is 240 g/mol. The first-order valence-electron chi connectivity index (χ1n) is 5.48. The zero-order valence-corrected chi connectivity index (χ0v) is 10.3. The van der Waals surface area contributed by atoms with E-state index in [1.54, 1.807) is 0 Å². The molecule has 1 fully saturated rings. The Kier molecular flexibility index (Phi) is 3.01. The van der Waals surface area contributed by atoms with E-state index in [4.69, 9.17) is 10.8 Å². The largest absolute Gasteiger partial charge is 0.476 e. The maximum Gasteiger partial charge on any atom is 0.356 e. The van der Waals surface area contributed by atoms with Crippen molar-refractivity contribution in [1.29, 1.82) is 0 Å². The maximum atomic E-state index is 11.4. The number of Topliss-reactive ketones (excluding diaryl/α,β-unsaturated/α-hetero) is 1. The number of carbonyl (C=O) groups excluding carboxylic acids is 1. The van der Waals surface area contributed by atoms with E-state index >= 15 is 0 Å². The fraction of sp³-hybridized carbons (Fsp3) is 0.545. The Hall–Kier alpha value is -1.27. The zero-order valence-electron chi connectivity index (χ0n) is 9.52. The predicted octanol–water partition coefficient (Wildman–Crippen LogP) is 1.77. The highest BCUT2D eigenvalue weighted by molar-refractivity contribution is 7.14. The van der Waals surface area contributed by atoms with Gasteiger partial charge in [0.1, 0.15) is 9.88 Å². The van der Waals surface area contributed by atoms with Crippen LogP contribution in [0.15, 0.2) is 0 Å². The molecule has 3 N–H and O–H groups in total. The number of thiazole rings is 1. The van der Waals surface area contributed by atoms with Crippen LogP contribution in [0.5, 0.6) is 0 Å². The predicted molar refractivity (Wildman–Crippen MR) is 63.4 cm³/mol. The molecule has 1 aromatic rings. The van der Waals surface area contributed by atoms with E-state index in [1.165, 1.54) is 6.92 Å². The summed E-state index contributed by atoms with van der Waals surface area (Å²) in [6, 6.07) is 0. The van der Waals surface area contributed by atoms with Gasteiger partial charge in [-0.2, -0.15) is 0 Å². The SMILES string of the molecule is CC(=O)c1sc(C2(N)CCCC2)nc1C(=O)O. The molecule has 17 heavy (non-hydrogen) atoms. The van der Waals surface area contributed by atoms with Crippen molar-refractivity contribution in [2.24, 2.45) is 5.73 Å². The third-order valence-electron chi connectivity index (χ3n) is 3.07. The molecule has 0 saturated heterocycles. The highest BCUT2D eigenvalue weighted by Crippen LogP contribution is 2.39. The Morgan fingerprint density at radius 1 is 1.41 bits per heavy atom. The third-order valence-corrected chi connectivity index (χ3v) is 4.45. The van der Waals surface area contributed by atoms with Gasteiger partial charge in [-0.15, -0.1) is 11.3 Å². The molecule has 2 rings (SSSR count). The highest BCUT2D eigenvalue weighted by atomic mass is 32.1. The molecule has 0 unspecified atom stereocenters. The molecule has 0 amide bonds. The topological polar surface area (TPSA) is 93.3 Å². The second kappa shape index (κ2) is 4.19. The minimum Gasteiger partial charge on any atom is -0.476 e. The van der Waals surface area contributed by atoms with Gasteiger partial charge in [0, 0.05) is 6.92 Å². The normalized spacial score (nSPS) is 18.2. The first-order valence-corrected chi connectivity index (χ1v) is 6.30. The molecule has 1 saturated carbocycles. The van der Waals surface area contributed by atoms with Gasteiger partial charge in [-0.25, -0.2) is 9.78 Å². The summed E-state index contributed by atoms with van der Waals surface area (Å²) in [6.45, 7) is 1.35. The van der Waals surface area contributed by atoms with E-state index in [2.05, 4.69) is 4.98 Å². The van der Waals surface area contributed by atoms with Crippen LogP contribution in [0.1, 0.15) is 57.8 Å². The standard InChI is InChI=1S/C11H14N2O3S/c1-6(14)8-7(9(15)16)13-10(17-8)11(12)4-2-3-5-11/h2-5,12H2,1H3,(H,15,16). The molecule has 1 aromatic heterocycles. The number of ketones is 1. The third kappa shape index (κ3) is 2.10. The lowest BCUT2D eigenvalue weighted by Crippen LogP contribution is -2.33. The quantitative estimate of drug-likeness (QED) is 0.802. The molecule has 0 bridgehead atoms. The Morgan fingerprint density at radius 3 is 2.41 bits per heavy atom. The van der Waals surface area contributed by atoms with Crippen LogP contribution in [-0.2, 0) is 5.54 Å². The Morgan fingerprint density at radius 2 is 2.00 bits per heavy atom. The van der Waals surface area contributed by atoms with Crippen LogP contribution in [0.25, 0.3) is 0 Å². The van der Waals surface area contributed by atoms with Crippen molar-refractivity contribution < 1.29 is 14.7 Å². The molecule has 1 aliphatic carbocycles. The number of nitrogens with zero attached hydrogens (tertiary/aromatic N) is 1. The lowest BCUT2D eigenvalue weighted by Gasteiger charge is -2.19. The van der Waals surface area contributed by atoms with Crippen LogP contribution in [-0.4, -0.2) is 21.8 Å². The molecule has 5 nitrogen and oxygen atoms in total. The van der Waals surface area contributed by atoms with Gasteiger partial charge in [0.2, 0.25) is 0 Å². The number of carbonyl (C=O) groups is 2. The molecule has 1 aliphatic rings. The summed E-state index contributed by atoms with van der Waals surface area (Å²) >= 11 is 1.13. The summed E-state index contributed by atoms with van der Waals surface area (Å²) < 4.78 is 0. The summed E-state index contributed by atoms with van der Waals surface area (Å²) in [7, 11) is 0. The Bertz CT molecular complexity index is 444. The van der Waals surface area contributed by atoms with E-state index in [9.17, 15) is 9.59 Å². The number of rotatable bonds is 3. The fourth-order valence-corrected chi connectivity index (χ4v) is 3.25. The van der Waals surface area contributed by atoms with Gasteiger partial charge in [-0.3, -0.25) is 4.79 Å². The van der Waals surface area contributed by atoms with Gasteiger partial charge >= 0.3 is 5.97 Å². The van der Waals surface area contributed by atoms with Gasteiger partial charge < -0.3 is 10.8 Å². The minimum absolute atomic E-state index is 0.158. The summed E-state index contributed by atoms with van der Waals surface area (Å²) in [5, 5.41) is 9.59. The van der Waals surface area contributed by atoms with Crippen molar-refractivity contribution in [3.8, 4) is 0 Å². The average molecular weight is 254 g/mol. The van der Waals surface area contributed by atoms with E-state index in [-0.39, 0.29) is 16.4 Å². The molecule has 1 heterocycles. The van der Waals surface area contributed by atoms with E-state index in [0.29, 0.717) is 5.01 Å². The summed E-state index contributed by atoms with van der Waals surface area (Å²) in [4.78, 5) is 26.6. The zero-order chi connectivity index (χ0) is 12.6.